The van der Waals surface area contributed by atoms with Gasteiger partial charge in [0.1, 0.15) is 22.6 Å². The zero-order valence-corrected chi connectivity index (χ0v) is 26.7. The highest BCUT2D eigenvalue weighted by Crippen LogP contribution is 2.57. The van der Waals surface area contributed by atoms with Crippen molar-refractivity contribution in [3.05, 3.63) is 94.5 Å². The number of esters is 1. The minimum Gasteiger partial charge on any atom is -0.493 e. The molecule has 0 aromatic heterocycles. The Bertz CT molecular complexity index is 1640. The third-order valence-corrected chi connectivity index (χ3v) is 10.5. The SMILES string of the molecule is COC(=O)c1ccccc1OCCCCNC(=O)C(Cc1ccc(C2CC(=O)NS2(O)O)c(Cl)c1)NS(=O)(=O)c1ccccc1. The summed E-state index contributed by atoms with van der Waals surface area (Å²) in [6.07, 6.45) is 0.825. The first-order chi connectivity index (χ1) is 21.4. The van der Waals surface area contributed by atoms with Crippen LogP contribution < -0.4 is 19.5 Å². The van der Waals surface area contributed by atoms with Gasteiger partial charge in [-0.3, -0.25) is 23.4 Å². The molecule has 4 rings (SSSR count). The number of carbonyl (C=O) groups is 3. The smallest absolute Gasteiger partial charge is 0.341 e. The molecule has 1 aliphatic rings. The molecule has 0 aliphatic carbocycles. The van der Waals surface area contributed by atoms with Crippen LogP contribution in [0, 0.1) is 0 Å². The highest BCUT2D eigenvalue weighted by molar-refractivity contribution is 8.23. The van der Waals surface area contributed by atoms with E-state index < -0.39 is 49.9 Å². The Hall–Kier alpha value is -3.66. The van der Waals surface area contributed by atoms with Crippen molar-refractivity contribution in [2.45, 2.75) is 41.9 Å². The second-order valence-electron chi connectivity index (χ2n) is 10.2. The molecule has 5 N–H and O–H groups in total. The summed E-state index contributed by atoms with van der Waals surface area (Å²) in [4.78, 5) is 37.0. The Morgan fingerprint density at radius 1 is 1.07 bits per heavy atom. The molecule has 15 heteroatoms. The van der Waals surface area contributed by atoms with Crippen LogP contribution in [0.4, 0.5) is 0 Å². The molecule has 242 valence electrons. The van der Waals surface area contributed by atoms with E-state index in [0.29, 0.717) is 35.3 Å². The lowest BCUT2D eigenvalue weighted by atomic mass is 10.0. The molecule has 3 aromatic carbocycles. The number of methoxy groups -OCH3 is 1. The van der Waals surface area contributed by atoms with Crippen molar-refractivity contribution < 1.29 is 41.4 Å². The fraction of sp³-hybridized carbons (Fsp3) is 0.300. The number of amides is 2. The van der Waals surface area contributed by atoms with E-state index >= 15 is 0 Å². The van der Waals surface area contributed by atoms with Gasteiger partial charge in [0.15, 0.2) is 0 Å². The Labute approximate surface area is 268 Å². The van der Waals surface area contributed by atoms with Gasteiger partial charge in [-0.15, -0.1) is 10.8 Å². The molecule has 12 nitrogen and oxygen atoms in total. The van der Waals surface area contributed by atoms with Crippen LogP contribution in [-0.2, 0) is 30.8 Å². The third-order valence-electron chi connectivity index (χ3n) is 6.97. The number of benzene rings is 3. The van der Waals surface area contributed by atoms with E-state index in [1.807, 2.05) is 0 Å². The number of carbonyl (C=O) groups excluding carboxylic acids is 3. The normalized spacial score (nSPS) is 17.2. The van der Waals surface area contributed by atoms with Gasteiger partial charge >= 0.3 is 5.97 Å². The molecule has 0 spiro atoms. The van der Waals surface area contributed by atoms with Crippen molar-refractivity contribution in [3.63, 3.8) is 0 Å². The molecule has 1 saturated heterocycles. The zero-order valence-electron chi connectivity index (χ0n) is 24.3. The molecule has 2 unspecified atom stereocenters. The summed E-state index contributed by atoms with van der Waals surface area (Å²) in [5.74, 6) is -1.20. The van der Waals surface area contributed by atoms with Gasteiger partial charge in [-0.2, -0.15) is 4.72 Å². The zero-order chi connectivity index (χ0) is 32.6. The van der Waals surface area contributed by atoms with Crippen LogP contribution in [0.5, 0.6) is 5.75 Å². The lowest BCUT2D eigenvalue weighted by Crippen LogP contribution is -2.48. The summed E-state index contributed by atoms with van der Waals surface area (Å²) in [7, 11) is -6.21. The number of nitrogens with one attached hydrogen (secondary N) is 3. The van der Waals surface area contributed by atoms with Gasteiger partial charge in [-0.05, 0) is 60.7 Å². The average molecular weight is 680 g/mol. The number of para-hydroxylation sites is 1. The van der Waals surface area contributed by atoms with Crippen LogP contribution in [0.1, 0.15) is 46.0 Å². The van der Waals surface area contributed by atoms with E-state index in [9.17, 15) is 31.9 Å². The molecular formula is C30H34ClN3O9S2. The molecular weight excluding hydrogens is 646 g/mol. The maximum Gasteiger partial charge on any atom is 0.341 e. The van der Waals surface area contributed by atoms with E-state index in [1.165, 1.54) is 31.4 Å². The van der Waals surface area contributed by atoms with Crippen molar-refractivity contribution in [2.24, 2.45) is 0 Å². The minimum absolute atomic E-state index is 0.0100. The van der Waals surface area contributed by atoms with E-state index in [4.69, 9.17) is 21.1 Å². The maximum absolute atomic E-state index is 13.3. The van der Waals surface area contributed by atoms with Gasteiger partial charge < -0.3 is 14.8 Å². The van der Waals surface area contributed by atoms with Crippen molar-refractivity contribution >= 4 is 50.2 Å². The molecule has 0 saturated carbocycles. The number of unbranched alkanes of at least 4 members (excludes halogenated alkanes) is 1. The first-order valence-corrected chi connectivity index (χ1v) is 17.4. The average Bonchev–Trinajstić information content (AvgIpc) is 3.29. The summed E-state index contributed by atoms with van der Waals surface area (Å²) in [6, 6.07) is 17.8. The van der Waals surface area contributed by atoms with E-state index in [0.717, 1.165) is 0 Å². The van der Waals surface area contributed by atoms with Crippen molar-refractivity contribution in [2.75, 3.05) is 20.3 Å². The Balaban J connectivity index is 1.41. The number of rotatable bonds is 14. The van der Waals surface area contributed by atoms with Crippen LogP contribution in [0.3, 0.4) is 0 Å². The molecule has 2 atom stereocenters. The summed E-state index contributed by atoms with van der Waals surface area (Å²) in [5.41, 5.74) is 1.16. The molecule has 1 heterocycles. The number of ether oxygens (including phenoxy) is 2. The van der Waals surface area contributed by atoms with Gasteiger partial charge in [-0.1, -0.05) is 54.1 Å². The largest absolute Gasteiger partial charge is 0.493 e. The van der Waals surface area contributed by atoms with E-state index in [-0.39, 0.29) is 35.9 Å². The summed E-state index contributed by atoms with van der Waals surface area (Å²) in [5, 5.41) is 1.98. The molecule has 0 bridgehead atoms. The quantitative estimate of drug-likeness (QED) is 0.123. The lowest BCUT2D eigenvalue weighted by molar-refractivity contribution is -0.122. The number of sulfonamides is 1. The van der Waals surface area contributed by atoms with Crippen LogP contribution in [0.15, 0.2) is 77.7 Å². The monoisotopic (exact) mass is 679 g/mol. The van der Waals surface area contributed by atoms with Crippen LogP contribution in [0.2, 0.25) is 5.02 Å². The van der Waals surface area contributed by atoms with Gasteiger partial charge in [-0.25, -0.2) is 13.2 Å². The second kappa shape index (κ2) is 15.1. The predicted octanol–water partition coefficient (Wildman–Crippen LogP) is 4.22. The third kappa shape index (κ3) is 8.96. The Morgan fingerprint density at radius 3 is 2.44 bits per heavy atom. The minimum atomic E-state index is -4.07. The molecule has 0 radical (unpaired) electrons. The highest BCUT2D eigenvalue weighted by Gasteiger charge is 2.39. The first-order valence-electron chi connectivity index (χ1n) is 13.9. The fourth-order valence-corrected chi connectivity index (χ4v) is 7.82. The molecule has 1 fully saturated rings. The highest BCUT2D eigenvalue weighted by atomic mass is 35.5. The number of halogens is 1. The van der Waals surface area contributed by atoms with Gasteiger partial charge in [0.25, 0.3) is 0 Å². The van der Waals surface area contributed by atoms with Gasteiger partial charge in [0.2, 0.25) is 21.8 Å². The van der Waals surface area contributed by atoms with Crippen LogP contribution >= 0.6 is 22.4 Å². The van der Waals surface area contributed by atoms with E-state index in [2.05, 4.69) is 14.8 Å². The van der Waals surface area contributed by atoms with Crippen molar-refractivity contribution in [1.29, 1.82) is 0 Å². The summed E-state index contributed by atoms with van der Waals surface area (Å²) < 4.78 is 61.9. The van der Waals surface area contributed by atoms with E-state index in [1.54, 1.807) is 48.5 Å². The van der Waals surface area contributed by atoms with Crippen LogP contribution in [-0.4, -0.2) is 61.6 Å². The lowest BCUT2D eigenvalue weighted by Gasteiger charge is -2.33. The second-order valence-corrected chi connectivity index (χ2v) is 14.3. The molecule has 45 heavy (non-hydrogen) atoms. The molecule has 3 aromatic rings. The maximum atomic E-state index is 13.3. The predicted molar refractivity (Wildman–Crippen MR) is 170 cm³/mol. The van der Waals surface area contributed by atoms with Crippen LogP contribution in [0.25, 0.3) is 0 Å². The standard InChI is InChI=1S/C30H34ClN3O9S2/c1-42-30(37)23-11-5-6-12-26(23)43-16-8-7-15-32-29(36)25(33-44(38,39)21-9-3-2-4-10-21)18-20-13-14-22(24(31)17-20)27-19-28(35)34-45(27,40)41/h2-6,9-14,17,25,27,33,40-41H,7-8,15-16,18-19H2,1H3,(H,32,36)(H,34,35). The van der Waals surface area contributed by atoms with Gasteiger partial charge in [0, 0.05) is 11.6 Å². The fourth-order valence-electron chi connectivity index (χ4n) is 4.70. The Kier molecular flexibility index (Phi) is 11.5. The summed E-state index contributed by atoms with van der Waals surface area (Å²) >= 11 is 6.46. The van der Waals surface area contributed by atoms with Gasteiger partial charge in [0.05, 0.1) is 25.0 Å². The van der Waals surface area contributed by atoms with Crippen molar-refractivity contribution in [3.8, 4) is 5.75 Å². The Morgan fingerprint density at radius 2 is 1.78 bits per heavy atom. The number of hydrogen-bond donors (Lipinski definition) is 5. The topological polar surface area (TPSA) is 180 Å². The van der Waals surface area contributed by atoms with Crippen molar-refractivity contribution in [1.82, 2.24) is 14.8 Å². The number of hydrogen-bond acceptors (Lipinski definition) is 9. The molecule has 1 aliphatic heterocycles. The first kappa shape index (κ1) is 34.2. The summed E-state index contributed by atoms with van der Waals surface area (Å²) in [6.45, 7) is 0.496. The molecule has 2 amide bonds.